The third kappa shape index (κ3) is 165. The second-order valence-electron chi connectivity index (χ2n) is 0.473. The van der Waals surface area contributed by atoms with Crippen molar-refractivity contribution in [3.63, 3.8) is 0 Å². The van der Waals surface area contributed by atoms with Gasteiger partial charge in [0, 0.05) is 0 Å². The molecule has 0 saturated heterocycles. The van der Waals surface area contributed by atoms with Crippen LogP contribution >= 0.6 is 7.91 Å². The van der Waals surface area contributed by atoms with Gasteiger partial charge in [0.1, 0.15) is 0 Å². The average Bonchev–Trinajstić information content (AvgIpc) is 0.722. The van der Waals surface area contributed by atoms with Gasteiger partial charge in [-0.15, -0.1) is 4.20 Å². The van der Waals surface area contributed by atoms with E-state index in [-0.39, 0.29) is 36.5 Å². The van der Waals surface area contributed by atoms with Crippen molar-refractivity contribution in [3.05, 3.63) is 0 Å². The summed E-state index contributed by atoms with van der Waals surface area (Å²) in [4.78, 5) is 13.9. The van der Waals surface area contributed by atoms with Crippen LogP contribution in [0.5, 0.6) is 0 Å². The van der Waals surface area contributed by atoms with Crippen LogP contribution < -0.4 is 29.6 Å². The van der Waals surface area contributed by atoms with E-state index in [9.17, 15) is 4.20 Å². The van der Waals surface area contributed by atoms with Crippen molar-refractivity contribution < 1.29 is 55.0 Å². The Labute approximate surface area is 63.1 Å². The van der Waals surface area contributed by atoms with E-state index in [2.05, 4.69) is 0 Å². The van der Waals surface area contributed by atoms with E-state index in [4.69, 9.17) is 14.4 Å². The minimum atomic E-state index is -5.14. The predicted molar refractivity (Wildman–Crippen MR) is 17.9 cm³/mol. The molecule has 0 aromatic rings. The van der Waals surface area contributed by atoms with Crippen molar-refractivity contribution in [2.75, 3.05) is 0 Å². The van der Waals surface area contributed by atoms with Crippen LogP contribution in [0.2, 0.25) is 0 Å². The molecule has 0 rings (SSSR count). The summed E-state index contributed by atoms with van der Waals surface area (Å²) in [6.07, 6.45) is 0. The summed E-state index contributed by atoms with van der Waals surface area (Å²) in [6, 6.07) is 0. The van der Waals surface area contributed by atoms with Gasteiger partial charge in [0.25, 0.3) is 0 Å². The first-order valence-corrected chi connectivity index (χ1v) is 2.25. The van der Waals surface area contributed by atoms with Crippen molar-refractivity contribution in [2.24, 2.45) is 0 Å². The quantitative estimate of drug-likeness (QED) is 0.270. The third-order valence-corrected chi connectivity index (χ3v) is 0. The van der Waals surface area contributed by atoms with E-state index >= 15 is 0 Å². The molecule has 0 aromatic carbocycles. The Bertz CT molecular complexity index is 62.2. The van der Waals surface area contributed by atoms with Crippen LogP contribution in [-0.2, 0) is 4.57 Å². The number of hydrogen-bond donors (Lipinski definition) is 2. The molecule has 0 amide bonds. The maximum absolute atomic E-state index is 10.4. The molecular weight excluding hydrogens is 137 g/mol. The molecule has 0 aliphatic carbocycles. The van der Waals surface area contributed by atoms with Crippen LogP contribution in [0.15, 0.2) is 0 Å². The van der Waals surface area contributed by atoms with E-state index < -0.39 is 7.91 Å². The van der Waals surface area contributed by atoms with Gasteiger partial charge in [0.05, 0.1) is 0 Å². The maximum Gasteiger partial charge on any atom is 1.00 e. The average molecular weight is 142 g/mol. The van der Waals surface area contributed by atoms with Gasteiger partial charge in [-0.05, 0) is 0 Å². The van der Waals surface area contributed by atoms with Gasteiger partial charge in [-0.1, -0.05) is 0 Å². The monoisotopic (exact) mass is 142 g/mol. The van der Waals surface area contributed by atoms with Gasteiger partial charge in [-0.2, -0.15) is 0 Å². The minimum absolute atomic E-state index is 0. The van der Waals surface area contributed by atoms with E-state index in [0.29, 0.717) is 0 Å². The summed E-state index contributed by atoms with van der Waals surface area (Å²) in [5.74, 6) is 0. The number of rotatable bonds is 0. The molecule has 0 saturated carbocycles. The molecule has 7 heteroatoms. The van der Waals surface area contributed by atoms with E-state index in [1.54, 1.807) is 0 Å². The summed E-state index contributed by atoms with van der Waals surface area (Å²) >= 11 is 0. The van der Waals surface area contributed by atoms with Gasteiger partial charge in [0.2, 0.25) is 0 Å². The van der Waals surface area contributed by atoms with Crippen molar-refractivity contribution >= 4 is 7.91 Å². The zero-order valence-electron chi connectivity index (χ0n) is 4.63. The molecule has 0 heterocycles. The molecule has 0 radical (unpaired) electrons. The smallest absolute Gasteiger partial charge is 1.00 e. The number of halogens is 1. The zero-order chi connectivity index (χ0) is 4.50. The second kappa shape index (κ2) is 5.18. The maximum atomic E-state index is 10.4. The Kier molecular flexibility index (Phi) is 11.6. The van der Waals surface area contributed by atoms with Crippen LogP contribution in [0.1, 0.15) is 1.43 Å². The Balaban J connectivity index is -0.0000000267. The Morgan fingerprint density at radius 1 is 1.57 bits per heavy atom. The van der Waals surface area contributed by atoms with Crippen LogP contribution in [0.25, 0.3) is 0 Å². The molecular formula is H5FNaO4P. The standard InChI is InChI=1S/FH2O3P.Na.H2O.H/c1-5(2,3)4;;;/h(H2,2,3,4);;1H2;/q;+1;;-1. The Morgan fingerprint density at radius 3 is 1.57 bits per heavy atom. The first kappa shape index (κ1) is 15.7. The van der Waals surface area contributed by atoms with Crippen LogP contribution in [-0.4, -0.2) is 15.3 Å². The summed E-state index contributed by atoms with van der Waals surface area (Å²) in [5, 5.41) is 0. The summed E-state index contributed by atoms with van der Waals surface area (Å²) < 4.78 is 19.0. The van der Waals surface area contributed by atoms with Gasteiger partial charge in [-0.3, -0.25) is 9.79 Å². The van der Waals surface area contributed by atoms with Crippen molar-refractivity contribution in [2.45, 2.75) is 0 Å². The van der Waals surface area contributed by atoms with Gasteiger partial charge in [0.15, 0.2) is 0 Å². The fourth-order valence-corrected chi connectivity index (χ4v) is 0. The molecule has 0 aliphatic heterocycles. The molecule has 4 N–H and O–H groups in total. The molecule has 7 heavy (non-hydrogen) atoms. The van der Waals surface area contributed by atoms with E-state index in [1.165, 1.54) is 0 Å². The first-order valence-electron chi connectivity index (χ1n) is 0.752. The topological polar surface area (TPSA) is 89.0 Å². The fourth-order valence-electron chi connectivity index (χ4n) is 0. The second-order valence-corrected chi connectivity index (χ2v) is 1.42. The van der Waals surface area contributed by atoms with Gasteiger partial charge < -0.3 is 6.90 Å². The van der Waals surface area contributed by atoms with Crippen molar-refractivity contribution in [1.29, 1.82) is 0 Å². The molecule has 0 bridgehead atoms. The van der Waals surface area contributed by atoms with E-state index in [1.807, 2.05) is 0 Å². The third-order valence-electron chi connectivity index (χ3n) is 0. The molecule has 0 atom stereocenters. The minimum Gasteiger partial charge on any atom is -1.00 e. The molecule has 0 aromatic heterocycles. The summed E-state index contributed by atoms with van der Waals surface area (Å²) in [7, 11) is -5.14. The fraction of sp³-hybridized carbons (Fsp3) is 0. The normalized spacial score (nSPS) is 8.43. The first-order chi connectivity index (χ1) is 2.00. The molecule has 0 aliphatic rings. The predicted octanol–water partition coefficient (Wildman–Crippen LogP) is -3.66. The van der Waals surface area contributed by atoms with Gasteiger partial charge >= 0.3 is 37.5 Å². The van der Waals surface area contributed by atoms with Crippen LogP contribution in [0.3, 0.4) is 0 Å². The largest absolute Gasteiger partial charge is 1.00 e. The molecule has 0 fully saturated rings. The number of hydrogen-bond acceptors (Lipinski definition) is 1. The van der Waals surface area contributed by atoms with Crippen LogP contribution in [0.4, 0.5) is 4.20 Å². The molecule has 0 spiro atoms. The SMILES string of the molecule is O.O=P(O)(O)F.[H-].[Na+]. The van der Waals surface area contributed by atoms with E-state index in [0.717, 1.165) is 0 Å². The van der Waals surface area contributed by atoms with Crippen molar-refractivity contribution in [3.8, 4) is 0 Å². The Morgan fingerprint density at radius 2 is 1.57 bits per heavy atom. The van der Waals surface area contributed by atoms with Crippen molar-refractivity contribution in [1.82, 2.24) is 0 Å². The molecule has 4 nitrogen and oxygen atoms in total. The molecule has 0 unspecified atom stereocenters. The summed E-state index contributed by atoms with van der Waals surface area (Å²) in [5.41, 5.74) is 0. The summed E-state index contributed by atoms with van der Waals surface area (Å²) in [6.45, 7) is 0. The zero-order valence-corrected chi connectivity index (χ0v) is 6.52. The van der Waals surface area contributed by atoms with Crippen LogP contribution in [0, 0.1) is 0 Å². The molecule has 42 valence electrons. The van der Waals surface area contributed by atoms with Gasteiger partial charge in [-0.25, -0.2) is 4.57 Å². The Hall–Kier alpha value is 1.04.